The Balaban J connectivity index is 2.80. The normalized spacial score (nSPS) is 25.7. The molecule has 2 atom stereocenters. The number of esters is 1. The molecular weight excluding hydrogens is 296 g/mol. The van der Waals surface area contributed by atoms with Crippen LogP contribution in [0.3, 0.4) is 0 Å². The third kappa shape index (κ3) is 4.89. The number of ether oxygens (including phenoxy) is 2. The molecule has 10 heteroatoms. The van der Waals surface area contributed by atoms with Gasteiger partial charge in [-0.1, -0.05) is 0 Å². The van der Waals surface area contributed by atoms with E-state index in [1.165, 1.54) is 0 Å². The number of rotatable bonds is 5. The van der Waals surface area contributed by atoms with Crippen molar-refractivity contribution in [3.63, 3.8) is 0 Å². The second-order valence-electron chi connectivity index (χ2n) is 4.46. The van der Waals surface area contributed by atoms with Crippen LogP contribution in [0.2, 0.25) is 0 Å². The lowest BCUT2D eigenvalue weighted by molar-refractivity contribution is -0.206. The van der Waals surface area contributed by atoms with Crippen molar-refractivity contribution in [3.05, 3.63) is 0 Å². The van der Waals surface area contributed by atoms with Crippen molar-refractivity contribution in [2.75, 3.05) is 6.61 Å². The molecule has 1 rings (SSSR count). The average Bonchev–Trinajstić information content (AvgIpc) is 2.24. The van der Waals surface area contributed by atoms with Gasteiger partial charge >= 0.3 is 11.9 Å². The highest BCUT2D eigenvalue weighted by Gasteiger charge is 2.40. The maximum absolute atomic E-state index is 11.7. The summed E-state index contributed by atoms with van der Waals surface area (Å²) in [7, 11) is -4.51. The van der Waals surface area contributed by atoms with E-state index in [0.717, 1.165) is 12.8 Å². The van der Waals surface area contributed by atoms with E-state index in [2.05, 4.69) is 0 Å². The summed E-state index contributed by atoms with van der Waals surface area (Å²) in [6.45, 7) is 0.395. The molecule has 110 valence electrons. The minimum Gasteiger partial charge on any atom is -0.481 e. The van der Waals surface area contributed by atoms with Crippen LogP contribution >= 0.6 is 0 Å². The summed E-state index contributed by atoms with van der Waals surface area (Å²) in [5.41, 5.74) is -1.14. The number of carboxylic acids is 1. The van der Waals surface area contributed by atoms with Gasteiger partial charge in [-0.15, -0.1) is 0 Å². The quantitative estimate of drug-likeness (QED) is 0.356. The highest BCUT2D eigenvalue weighted by Crippen LogP contribution is 2.24. The molecule has 19 heavy (non-hydrogen) atoms. The van der Waals surface area contributed by atoms with Crippen molar-refractivity contribution < 1.29 is 37.1 Å². The molecule has 1 heterocycles. The number of hydrogen-bond donors (Lipinski definition) is 2. The Kier molecular flexibility index (Phi) is 5.07. The molecule has 0 saturated carbocycles. The third-order valence-corrected chi connectivity index (χ3v) is 4.80. The van der Waals surface area contributed by atoms with Crippen LogP contribution in [0, 0.1) is 0 Å². The lowest BCUT2D eigenvalue weighted by atomic mass is 10.2. The van der Waals surface area contributed by atoms with E-state index in [-0.39, 0.29) is 0 Å². The predicted molar refractivity (Wildman–Crippen MR) is 66.2 cm³/mol. The van der Waals surface area contributed by atoms with Crippen molar-refractivity contribution >= 4 is 32.3 Å². The fourth-order valence-electron chi connectivity index (χ4n) is 1.74. The zero-order valence-electron chi connectivity index (χ0n) is 10.4. The summed E-state index contributed by atoms with van der Waals surface area (Å²) < 4.78 is 41.2. The molecule has 0 aromatic heterocycles. The number of carbonyl (C=O) groups excluding carboxylic acids is 1. The first-order chi connectivity index (χ1) is 8.64. The van der Waals surface area contributed by atoms with Gasteiger partial charge in [-0.25, -0.2) is 0 Å². The Morgan fingerprint density at radius 3 is 2.47 bits per heavy atom. The second kappa shape index (κ2) is 5.99. The maximum Gasteiger partial charge on any atom is 0.329 e. The molecule has 8 nitrogen and oxygen atoms in total. The van der Waals surface area contributed by atoms with E-state index in [9.17, 15) is 18.0 Å². The molecule has 0 radical (unpaired) electrons. The van der Waals surface area contributed by atoms with Crippen molar-refractivity contribution in [2.45, 2.75) is 36.3 Å². The molecule has 1 fully saturated rings. The second-order valence-corrected chi connectivity index (χ2v) is 7.58. The van der Waals surface area contributed by atoms with Crippen molar-refractivity contribution in [2.24, 2.45) is 0 Å². The summed E-state index contributed by atoms with van der Waals surface area (Å²) in [6, 6.07) is 0. The van der Waals surface area contributed by atoms with Gasteiger partial charge in [0.2, 0.25) is 0 Å². The monoisotopic (exact) mass is 312 g/mol. The Hall–Kier alpha value is -0.973. The van der Waals surface area contributed by atoms with Crippen LogP contribution in [0.1, 0.15) is 25.7 Å². The number of hydrogen-bond acceptors (Lipinski definition) is 6. The molecule has 2 N–H and O–H groups in total. The highest BCUT2D eigenvalue weighted by molar-refractivity contribution is 7.87. The summed E-state index contributed by atoms with van der Waals surface area (Å²) in [5, 5.41) is 6.44. The molecule has 1 saturated heterocycles. The summed E-state index contributed by atoms with van der Waals surface area (Å²) in [6.07, 6.45) is 0.982. The van der Waals surface area contributed by atoms with Crippen LogP contribution in [0.25, 0.3) is 0 Å². The number of carboxylic acid groups (broad SMARTS) is 1. The van der Waals surface area contributed by atoms with Crippen LogP contribution in [-0.2, 0) is 29.2 Å². The Morgan fingerprint density at radius 2 is 2.05 bits per heavy atom. The Bertz CT molecular complexity index is 453. The topological polar surface area (TPSA) is 127 Å². The van der Waals surface area contributed by atoms with Gasteiger partial charge in [0.05, 0.1) is 23.3 Å². The van der Waals surface area contributed by atoms with Gasteiger partial charge in [0.25, 0.3) is 10.1 Å². The summed E-state index contributed by atoms with van der Waals surface area (Å²) in [4.78, 5) is 22.2. The fourth-order valence-corrected chi connectivity index (χ4v) is 3.14. The maximum atomic E-state index is 11.7. The van der Waals surface area contributed by atoms with Crippen molar-refractivity contribution in [1.82, 2.24) is 0 Å². The molecular formula is C9H16O8SSi. The molecule has 0 amide bonds. The van der Waals surface area contributed by atoms with E-state index in [4.69, 9.17) is 19.1 Å². The Morgan fingerprint density at radius 1 is 1.42 bits per heavy atom. The number of carbonyl (C=O) groups is 2. The SMILES string of the molecule is O=C(O)CC(C(=O)OC1([SiH3])CCCCO1)S(=O)(=O)O. The molecule has 2 unspecified atom stereocenters. The molecule has 0 bridgehead atoms. The molecule has 1 aliphatic rings. The first-order valence-electron chi connectivity index (χ1n) is 5.69. The fraction of sp³-hybridized carbons (Fsp3) is 0.778. The van der Waals surface area contributed by atoms with Crippen molar-refractivity contribution in [3.8, 4) is 0 Å². The highest BCUT2D eigenvalue weighted by atomic mass is 32.2. The predicted octanol–water partition coefficient (Wildman–Crippen LogP) is -1.52. The largest absolute Gasteiger partial charge is 0.481 e. The molecule has 0 aromatic carbocycles. The van der Waals surface area contributed by atoms with Gasteiger partial charge in [-0.3, -0.25) is 14.1 Å². The van der Waals surface area contributed by atoms with Crippen LogP contribution in [0.15, 0.2) is 0 Å². The third-order valence-electron chi connectivity index (χ3n) is 2.73. The van der Waals surface area contributed by atoms with E-state index in [1.54, 1.807) is 0 Å². The molecule has 0 spiro atoms. The first kappa shape index (κ1) is 16.1. The Labute approximate surface area is 113 Å². The van der Waals surface area contributed by atoms with Gasteiger partial charge in [0.15, 0.2) is 10.7 Å². The van der Waals surface area contributed by atoms with Crippen LogP contribution in [0.5, 0.6) is 0 Å². The standard InChI is InChI=1S/C9H16O8SSi/c10-7(11)5-6(18(13,14)15)8(12)17-9(19)3-1-2-4-16-9/h6H,1-5H2,19H3,(H,10,11)(H,13,14,15). The van der Waals surface area contributed by atoms with Crippen LogP contribution in [0.4, 0.5) is 0 Å². The van der Waals surface area contributed by atoms with Gasteiger partial charge in [-0.05, 0) is 12.8 Å². The minimum atomic E-state index is -4.83. The zero-order chi connectivity index (χ0) is 14.7. The van der Waals surface area contributed by atoms with Crippen LogP contribution < -0.4 is 0 Å². The smallest absolute Gasteiger partial charge is 0.329 e. The van der Waals surface area contributed by atoms with E-state index >= 15 is 0 Å². The zero-order valence-corrected chi connectivity index (χ0v) is 13.2. The van der Waals surface area contributed by atoms with E-state index in [0.29, 0.717) is 23.3 Å². The van der Waals surface area contributed by atoms with Gasteiger partial charge in [-0.2, -0.15) is 8.42 Å². The molecule has 0 aliphatic carbocycles. The lowest BCUT2D eigenvalue weighted by Crippen LogP contribution is -2.46. The molecule has 1 aliphatic heterocycles. The van der Waals surface area contributed by atoms with Crippen LogP contribution in [-0.4, -0.2) is 57.5 Å². The average molecular weight is 312 g/mol. The van der Waals surface area contributed by atoms with Gasteiger partial charge < -0.3 is 14.6 Å². The van der Waals surface area contributed by atoms with E-state index in [1.807, 2.05) is 0 Å². The minimum absolute atomic E-state index is 0.320. The first-order valence-corrected chi connectivity index (χ1v) is 8.19. The lowest BCUT2D eigenvalue weighted by Gasteiger charge is -2.34. The summed E-state index contributed by atoms with van der Waals surface area (Å²) in [5.74, 6) is -2.81. The van der Waals surface area contributed by atoms with Crippen molar-refractivity contribution in [1.29, 1.82) is 0 Å². The van der Waals surface area contributed by atoms with E-state index < -0.39 is 39.1 Å². The number of aliphatic carboxylic acids is 1. The van der Waals surface area contributed by atoms with Gasteiger partial charge in [0, 0.05) is 6.42 Å². The molecule has 0 aromatic rings. The van der Waals surface area contributed by atoms with Gasteiger partial charge in [0.1, 0.15) is 0 Å². The summed E-state index contributed by atoms with van der Waals surface area (Å²) >= 11 is 0.